The molecule has 1 heterocycles. The largest absolute Gasteiger partial charge is 0.454 e. The molecule has 0 aliphatic carbocycles. The average Bonchev–Trinajstić information content (AvgIpc) is 2.96. The Kier molecular flexibility index (Phi) is 4.41. The van der Waals surface area contributed by atoms with Crippen LogP contribution in [0.2, 0.25) is 10.0 Å². The molecular formula is C16H13Cl2NO3. The molecule has 6 heteroatoms. The molecular weight excluding hydrogens is 325 g/mol. The van der Waals surface area contributed by atoms with E-state index in [4.69, 9.17) is 32.7 Å². The summed E-state index contributed by atoms with van der Waals surface area (Å²) in [5.74, 6) is 1.33. The fourth-order valence-corrected chi connectivity index (χ4v) is 2.50. The van der Waals surface area contributed by atoms with Crippen molar-refractivity contribution in [1.82, 2.24) is 0 Å². The standard InChI is InChI=1S/C16H13Cl2NO3/c17-11-3-4-12(18)13(8-11)19-16(20)6-2-10-1-5-14-15(7-10)22-9-21-14/h1,3-5,7-8H,2,6,9H2,(H,19,20). The van der Waals surface area contributed by atoms with Gasteiger partial charge in [0.1, 0.15) is 0 Å². The predicted molar refractivity (Wildman–Crippen MR) is 86.0 cm³/mol. The van der Waals surface area contributed by atoms with Gasteiger partial charge in [0.05, 0.1) is 10.7 Å². The van der Waals surface area contributed by atoms with E-state index in [1.165, 1.54) is 0 Å². The second-order valence-corrected chi connectivity index (χ2v) is 5.70. The first-order chi connectivity index (χ1) is 10.6. The lowest BCUT2D eigenvalue weighted by atomic mass is 10.1. The van der Waals surface area contributed by atoms with E-state index in [0.29, 0.717) is 28.6 Å². The maximum atomic E-state index is 12.0. The van der Waals surface area contributed by atoms with Gasteiger partial charge in [0, 0.05) is 11.4 Å². The zero-order valence-corrected chi connectivity index (χ0v) is 13.1. The van der Waals surface area contributed by atoms with Crippen LogP contribution in [0.4, 0.5) is 5.69 Å². The minimum atomic E-state index is -0.123. The number of amides is 1. The van der Waals surface area contributed by atoms with Crippen molar-refractivity contribution < 1.29 is 14.3 Å². The number of ether oxygens (including phenoxy) is 2. The molecule has 0 atom stereocenters. The van der Waals surface area contributed by atoms with Crippen molar-refractivity contribution in [2.75, 3.05) is 12.1 Å². The lowest BCUT2D eigenvalue weighted by Gasteiger charge is -2.08. The molecule has 0 radical (unpaired) electrons. The Morgan fingerprint density at radius 2 is 1.91 bits per heavy atom. The highest BCUT2D eigenvalue weighted by molar-refractivity contribution is 6.35. The van der Waals surface area contributed by atoms with Gasteiger partial charge in [-0.3, -0.25) is 4.79 Å². The molecule has 4 nitrogen and oxygen atoms in total. The maximum absolute atomic E-state index is 12.0. The molecule has 1 N–H and O–H groups in total. The second kappa shape index (κ2) is 6.46. The number of carbonyl (C=O) groups is 1. The summed E-state index contributed by atoms with van der Waals surface area (Å²) in [7, 11) is 0. The van der Waals surface area contributed by atoms with Gasteiger partial charge in [0.15, 0.2) is 11.5 Å². The molecule has 1 aliphatic heterocycles. The molecule has 0 unspecified atom stereocenters. The fraction of sp³-hybridized carbons (Fsp3) is 0.188. The van der Waals surface area contributed by atoms with E-state index >= 15 is 0 Å². The summed E-state index contributed by atoms with van der Waals surface area (Å²) >= 11 is 11.9. The van der Waals surface area contributed by atoms with Crippen LogP contribution in [0.3, 0.4) is 0 Å². The highest BCUT2D eigenvalue weighted by Crippen LogP contribution is 2.32. The Morgan fingerprint density at radius 1 is 1.09 bits per heavy atom. The third-order valence-corrected chi connectivity index (χ3v) is 3.84. The SMILES string of the molecule is O=C(CCc1ccc2c(c1)OCO2)Nc1cc(Cl)ccc1Cl. The van der Waals surface area contributed by atoms with E-state index in [0.717, 1.165) is 17.1 Å². The summed E-state index contributed by atoms with van der Waals surface area (Å²) in [4.78, 5) is 12.0. The Bertz CT molecular complexity index is 719. The topological polar surface area (TPSA) is 47.6 Å². The number of halogens is 2. The summed E-state index contributed by atoms with van der Waals surface area (Å²) in [6.45, 7) is 0.243. The first kappa shape index (κ1) is 15.0. The molecule has 0 fully saturated rings. The highest BCUT2D eigenvalue weighted by Gasteiger charge is 2.14. The number of carbonyl (C=O) groups excluding carboxylic acids is 1. The Labute approximate surface area is 137 Å². The summed E-state index contributed by atoms with van der Waals surface area (Å²) in [5, 5.41) is 3.75. The zero-order chi connectivity index (χ0) is 15.5. The highest BCUT2D eigenvalue weighted by atomic mass is 35.5. The van der Waals surface area contributed by atoms with Crippen molar-refractivity contribution >= 4 is 34.8 Å². The van der Waals surface area contributed by atoms with E-state index in [1.54, 1.807) is 18.2 Å². The quantitative estimate of drug-likeness (QED) is 0.904. The zero-order valence-electron chi connectivity index (χ0n) is 11.6. The van der Waals surface area contributed by atoms with Gasteiger partial charge in [0.2, 0.25) is 12.7 Å². The Hall–Kier alpha value is -1.91. The van der Waals surface area contributed by atoms with Gasteiger partial charge in [0.25, 0.3) is 0 Å². The normalized spacial score (nSPS) is 12.3. The third kappa shape index (κ3) is 3.46. The first-order valence-corrected chi connectivity index (χ1v) is 7.51. The molecule has 0 saturated carbocycles. The Balaban J connectivity index is 1.59. The summed E-state index contributed by atoms with van der Waals surface area (Å²) in [6, 6.07) is 10.6. The van der Waals surface area contributed by atoms with Crippen LogP contribution in [0.25, 0.3) is 0 Å². The number of nitrogens with one attached hydrogen (secondary N) is 1. The van der Waals surface area contributed by atoms with Gasteiger partial charge in [-0.1, -0.05) is 29.3 Å². The number of rotatable bonds is 4. The maximum Gasteiger partial charge on any atom is 0.231 e. The van der Waals surface area contributed by atoms with Gasteiger partial charge in [-0.25, -0.2) is 0 Å². The third-order valence-electron chi connectivity index (χ3n) is 3.28. The van der Waals surface area contributed by atoms with Crippen LogP contribution in [0.1, 0.15) is 12.0 Å². The van der Waals surface area contributed by atoms with E-state index in [2.05, 4.69) is 5.32 Å². The van der Waals surface area contributed by atoms with Crippen molar-refractivity contribution in [3.63, 3.8) is 0 Å². The van der Waals surface area contributed by atoms with Crippen molar-refractivity contribution in [3.05, 3.63) is 52.0 Å². The van der Waals surface area contributed by atoms with Gasteiger partial charge < -0.3 is 14.8 Å². The number of benzene rings is 2. The molecule has 0 bridgehead atoms. The molecule has 0 aromatic heterocycles. The van der Waals surface area contributed by atoms with E-state index in [9.17, 15) is 4.79 Å². The lowest BCUT2D eigenvalue weighted by Crippen LogP contribution is -2.12. The minimum Gasteiger partial charge on any atom is -0.454 e. The molecule has 0 saturated heterocycles. The fourth-order valence-electron chi connectivity index (χ4n) is 2.16. The molecule has 1 amide bonds. The van der Waals surface area contributed by atoms with Crippen molar-refractivity contribution in [2.45, 2.75) is 12.8 Å². The predicted octanol–water partition coefficient (Wildman–Crippen LogP) is 4.29. The van der Waals surface area contributed by atoms with E-state index in [-0.39, 0.29) is 12.7 Å². The van der Waals surface area contributed by atoms with E-state index in [1.807, 2.05) is 18.2 Å². The van der Waals surface area contributed by atoms with Crippen LogP contribution in [0.5, 0.6) is 11.5 Å². The number of fused-ring (bicyclic) bond motifs is 1. The molecule has 1 aliphatic rings. The monoisotopic (exact) mass is 337 g/mol. The van der Waals surface area contributed by atoms with Crippen molar-refractivity contribution in [2.24, 2.45) is 0 Å². The number of anilines is 1. The molecule has 2 aromatic carbocycles. The Morgan fingerprint density at radius 3 is 2.77 bits per heavy atom. The van der Waals surface area contributed by atoms with Crippen LogP contribution in [0.15, 0.2) is 36.4 Å². The van der Waals surface area contributed by atoms with Gasteiger partial charge in [-0.05, 0) is 42.3 Å². The van der Waals surface area contributed by atoms with Crippen LogP contribution >= 0.6 is 23.2 Å². The van der Waals surface area contributed by atoms with Crippen LogP contribution in [-0.2, 0) is 11.2 Å². The van der Waals surface area contributed by atoms with Crippen molar-refractivity contribution in [1.29, 1.82) is 0 Å². The van der Waals surface area contributed by atoms with Gasteiger partial charge >= 0.3 is 0 Å². The molecule has 0 spiro atoms. The molecule has 3 rings (SSSR count). The summed E-state index contributed by atoms with van der Waals surface area (Å²) in [5.41, 5.74) is 1.53. The number of aryl methyl sites for hydroxylation is 1. The minimum absolute atomic E-state index is 0.123. The number of hydrogen-bond acceptors (Lipinski definition) is 3. The average molecular weight is 338 g/mol. The van der Waals surface area contributed by atoms with Crippen LogP contribution in [-0.4, -0.2) is 12.7 Å². The summed E-state index contributed by atoms with van der Waals surface area (Å²) in [6.07, 6.45) is 0.934. The summed E-state index contributed by atoms with van der Waals surface area (Å²) < 4.78 is 10.6. The van der Waals surface area contributed by atoms with E-state index < -0.39 is 0 Å². The molecule has 2 aromatic rings. The van der Waals surface area contributed by atoms with Crippen molar-refractivity contribution in [3.8, 4) is 11.5 Å². The van der Waals surface area contributed by atoms with Gasteiger partial charge in [-0.15, -0.1) is 0 Å². The smallest absolute Gasteiger partial charge is 0.231 e. The second-order valence-electron chi connectivity index (χ2n) is 4.86. The first-order valence-electron chi connectivity index (χ1n) is 6.75. The number of hydrogen-bond donors (Lipinski definition) is 1. The van der Waals surface area contributed by atoms with Gasteiger partial charge in [-0.2, -0.15) is 0 Å². The lowest BCUT2D eigenvalue weighted by molar-refractivity contribution is -0.116. The molecule has 22 heavy (non-hydrogen) atoms. The van der Waals surface area contributed by atoms with Crippen LogP contribution in [0, 0.1) is 0 Å². The molecule has 114 valence electrons. The van der Waals surface area contributed by atoms with Crippen LogP contribution < -0.4 is 14.8 Å².